The highest BCUT2D eigenvalue weighted by atomic mass is 16.5. The minimum absolute atomic E-state index is 0.0646. The Labute approximate surface area is 143 Å². The Bertz CT molecular complexity index is 891. The van der Waals surface area contributed by atoms with Gasteiger partial charge in [-0.05, 0) is 19.1 Å². The molecule has 1 amide bonds. The van der Waals surface area contributed by atoms with E-state index in [1.807, 2.05) is 6.07 Å². The summed E-state index contributed by atoms with van der Waals surface area (Å²) in [6.45, 7) is 1.63. The van der Waals surface area contributed by atoms with E-state index in [0.717, 1.165) is 0 Å². The van der Waals surface area contributed by atoms with Crippen LogP contribution in [0.1, 0.15) is 39.4 Å². The number of nitrogens with zero attached hydrogens (tertiary/aromatic N) is 2. The number of carbonyl (C=O) groups is 2. The summed E-state index contributed by atoms with van der Waals surface area (Å²) in [4.78, 5) is 27.8. The zero-order chi connectivity index (χ0) is 17.8. The Morgan fingerprint density at radius 1 is 1.16 bits per heavy atom. The van der Waals surface area contributed by atoms with Crippen molar-refractivity contribution < 1.29 is 19.2 Å². The first-order valence-electron chi connectivity index (χ1n) is 7.57. The van der Waals surface area contributed by atoms with Crippen LogP contribution in [0.4, 0.5) is 0 Å². The van der Waals surface area contributed by atoms with Crippen molar-refractivity contribution in [1.82, 2.24) is 15.5 Å². The lowest BCUT2D eigenvalue weighted by molar-refractivity contribution is 0.0692. The first-order chi connectivity index (χ1) is 12.1. The van der Waals surface area contributed by atoms with E-state index in [9.17, 15) is 14.7 Å². The third-order valence-electron chi connectivity index (χ3n) is 3.64. The number of nitrogens with one attached hydrogen (secondary N) is 1. The smallest absolute Gasteiger partial charge is 0.341 e. The van der Waals surface area contributed by atoms with Crippen LogP contribution in [-0.4, -0.2) is 27.1 Å². The molecule has 0 aliphatic rings. The highest BCUT2D eigenvalue weighted by Crippen LogP contribution is 2.29. The van der Waals surface area contributed by atoms with Crippen LogP contribution in [0.15, 0.2) is 59.4 Å². The van der Waals surface area contributed by atoms with Crippen LogP contribution < -0.4 is 5.32 Å². The van der Waals surface area contributed by atoms with E-state index in [1.54, 1.807) is 49.5 Å². The summed E-state index contributed by atoms with van der Waals surface area (Å²) >= 11 is 0. The molecule has 0 fully saturated rings. The molecular weight excluding hydrogens is 322 g/mol. The minimum atomic E-state index is -1.17. The quantitative estimate of drug-likeness (QED) is 0.741. The number of carboxylic acids is 1. The molecule has 0 aliphatic carbocycles. The third kappa shape index (κ3) is 3.40. The second-order valence-electron chi connectivity index (χ2n) is 5.38. The molecule has 0 bridgehead atoms. The van der Waals surface area contributed by atoms with Crippen molar-refractivity contribution in [3.8, 4) is 11.3 Å². The van der Waals surface area contributed by atoms with Crippen LogP contribution in [0.3, 0.4) is 0 Å². The van der Waals surface area contributed by atoms with Crippen molar-refractivity contribution in [2.24, 2.45) is 0 Å². The second kappa shape index (κ2) is 6.96. The van der Waals surface area contributed by atoms with E-state index in [1.165, 1.54) is 6.20 Å². The van der Waals surface area contributed by atoms with Crippen molar-refractivity contribution in [3.63, 3.8) is 0 Å². The number of carbonyl (C=O) groups excluding carboxylic acids is 1. The number of aromatic nitrogens is 2. The SMILES string of the molecule is C[C@@H](NC(=O)c1cccnc1)c1onc(-c2ccccc2)c1C(=O)O. The molecule has 2 heterocycles. The zero-order valence-corrected chi connectivity index (χ0v) is 13.3. The lowest BCUT2D eigenvalue weighted by Crippen LogP contribution is -2.27. The Morgan fingerprint density at radius 3 is 2.56 bits per heavy atom. The highest BCUT2D eigenvalue weighted by molar-refractivity contribution is 5.97. The normalized spacial score (nSPS) is 11.7. The van der Waals surface area contributed by atoms with Crippen LogP contribution in [0.5, 0.6) is 0 Å². The van der Waals surface area contributed by atoms with Gasteiger partial charge in [-0.3, -0.25) is 9.78 Å². The molecular formula is C18H15N3O4. The first kappa shape index (κ1) is 16.4. The molecule has 0 spiro atoms. The molecule has 3 aromatic rings. The van der Waals surface area contributed by atoms with Crippen LogP contribution in [0.2, 0.25) is 0 Å². The predicted molar refractivity (Wildman–Crippen MR) is 89.0 cm³/mol. The lowest BCUT2D eigenvalue weighted by Gasteiger charge is -2.11. The van der Waals surface area contributed by atoms with Gasteiger partial charge in [-0.15, -0.1) is 0 Å². The van der Waals surface area contributed by atoms with Crippen LogP contribution in [-0.2, 0) is 0 Å². The molecule has 25 heavy (non-hydrogen) atoms. The molecule has 0 unspecified atom stereocenters. The van der Waals surface area contributed by atoms with Crippen LogP contribution >= 0.6 is 0 Å². The average molecular weight is 337 g/mol. The Morgan fingerprint density at radius 2 is 1.92 bits per heavy atom. The molecule has 0 saturated carbocycles. The van der Waals surface area contributed by atoms with Gasteiger partial charge in [0, 0.05) is 18.0 Å². The van der Waals surface area contributed by atoms with Gasteiger partial charge in [-0.1, -0.05) is 35.5 Å². The largest absolute Gasteiger partial charge is 0.477 e. The summed E-state index contributed by atoms with van der Waals surface area (Å²) in [7, 11) is 0. The molecule has 7 nitrogen and oxygen atoms in total. The first-order valence-corrected chi connectivity index (χ1v) is 7.57. The molecule has 7 heteroatoms. The van der Waals surface area contributed by atoms with Crippen molar-refractivity contribution in [3.05, 3.63) is 71.7 Å². The minimum Gasteiger partial charge on any atom is -0.477 e. The lowest BCUT2D eigenvalue weighted by atomic mass is 10.0. The number of amides is 1. The van der Waals surface area contributed by atoms with Gasteiger partial charge in [0.15, 0.2) is 5.76 Å². The van der Waals surface area contributed by atoms with Gasteiger partial charge in [-0.25, -0.2) is 4.79 Å². The van der Waals surface area contributed by atoms with E-state index < -0.39 is 12.0 Å². The van der Waals surface area contributed by atoms with Crippen molar-refractivity contribution in [2.75, 3.05) is 0 Å². The van der Waals surface area contributed by atoms with E-state index in [0.29, 0.717) is 11.1 Å². The van der Waals surface area contributed by atoms with Gasteiger partial charge in [0.05, 0.1) is 11.6 Å². The van der Waals surface area contributed by atoms with E-state index in [2.05, 4.69) is 15.5 Å². The van der Waals surface area contributed by atoms with Crippen molar-refractivity contribution in [1.29, 1.82) is 0 Å². The molecule has 2 aromatic heterocycles. The monoisotopic (exact) mass is 337 g/mol. The van der Waals surface area contributed by atoms with Gasteiger partial charge < -0.3 is 14.9 Å². The fraction of sp³-hybridized carbons (Fsp3) is 0.111. The Kier molecular flexibility index (Phi) is 4.56. The van der Waals surface area contributed by atoms with E-state index in [4.69, 9.17) is 4.52 Å². The topological polar surface area (TPSA) is 105 Å². The maximum absolute atomic E-state index is 12.2. The summed E-state index contributed by atoms with van der Waals surface area (Å²) < 4.78 is 5.25. The number of hydrogen-bond acceptors (Lipinski definition) is 5. The maximum atomic E-state index is 12.2. The fourth-order valence-corrected chi connectivity index (χ4v) is 2.44. The van der Waals surface area contributed by atoms with Gasteiger partial charge >= 0.3 is 5.97 Å². The highest BCUT2D eigenvalue weighted by Gasteiger charge is 2.28. The third-order valence-corrected chi connectivity index (χ3v) is 3.64. The number of pyridine rings is 1. The summed E-state index contributed by atoms with van der Waals surface area (Å²) in [6.07, 6.45) is 2.99. The molecule has 1 aromatic carbocycles. The van der Waals surface area contributed by atoms with Gasteiger partial charge in [0.2, 0.25) is 0 Å². The van der Waals surface area contributed by atoms with Gasteiger partial charge in [-0.2, -0.15) is 0 Å². The van der Waals surface area contributed by atoms with Gasteiger partial charge in [0.25, 0.3) is 5.91 Å². The average Bonchev–Trinajstić information content (AvgIpc) is 3.08. The number of aromatic carboxylic acids is 1. The molecule has 126 valence electrons. The molecule has 0 saturated heterocycles. The van der Waals surface area contributed by atoms with Gasteiger partial charge in [0.1, 0.15) is 11.3 Å². The maximum Gasteiger partial charge on any atom is 0.341 e. The summed E-state index contributed by atoms with van der Waals surface area (Å²) in [5, 5.41) is 16.2. The number of benzene rings is 1. The van der Waals surface area contributed by atoms with Crippen LogP contribution in [0, 0.1) is 0 Å². The molecule has 2 N–H and O–H groups in total. The molecule has 1 atom stereocenters. The van der Waals surface area contributed by atoms with E-state index >= 15 is 0 Å². The zero-order valence-electron chi connectivity index (χ0n) is 13.3. The number of carboxylic acid groups (broad SMARTS) is 1. The fourth-order valence-electron chi connectivity index (χ4n) is 2.44. The Hall–Kier alpha value is -3.48. The Balaban J connectivity index is 1.91. The molecule has 0 radical (unpaired) electrons. The summed E-state index contributed by atoms with van der Waals surface area (Å²) in [5.41, 5.74) is 1.16. The number of rotatable bonds is 5. The summed E-state index contributed by atoms with van der Waals surface area (Å²) in [6, 6.07) is 11.4. The van der Waals surface area contributed by atoms with Crippen molar-refractivity contribution >= 4 is 11.9 Å². The van der Waals surface area contributed by atoms with E-state index in [-0.39, 0.29) is 22.9 Å². The standard InChI is InChI=1S/C18H15N3O4/c1-11(20-17(22)13-8-5-9-19-10-13)16-14(18(23)24)15(21-25-16)12-6-3-2-4-7-12/h2-11H,1H3,(H,20,22)(H,23,24)/t11-/m1/s1. The van der Waals surface area contributed by atoms with Crippen LogP contribution in [0.25, 0.3) is 11.3 Å². The molecule has 0 aliphatic heterocycles. The summed E-state index contributed by atoms with van der Waals surface area (Å²) in [5.74, 6) is -1.46. The molecule has 3 rings (SSSR count). The van der Waals surface area contributed by atoms with Crippen molar-refractivity contribution in [2.45, 2.75) is 13.0 Å². The predicted octanol–water partition coefficient (Wildman–Crippen LogP) is 2.93. The second-order valence-corrected chi connectivity index (χ2v) is 5.38. The number of hydrogen-bond donors (Lipinski definition) is 2.